The fourth-order valence-corrected chi connectivity index (χ4v) is 4.02. The van der Waals surface area contributed by atoms with Crippen molar-refractivity contribution in [3.05, 3.63) is 34.1 Å². The largest absolute Gasteiger partial charge is 0.309 e. The van der Waals surface area contributed by atoms with E-state index in [0.717, 1.165) is 5.56 Å². The molecule has 1 aromatic carbocycles. The van der Waals surface area contributed by atoms with Crippen LogP contribution >= 0.6 is 15.9 Å². The van der Waals surface area contributed by atoms with E-state index in [1.54, 1.807) is 19.1 Å². The first-order chi connectivity index (χ1) is 8.40. The Morgan fingerprint density at radius 2 is 2.17 bits per heavy atom. The van der Waals surface area contributed by atoms with Crippen molar-refractivity contribution in [2.75, 3.05) is 12.3 Å². The summed E-state index contributed by atoms with van der Waals surface area (Å²) in [5.41, 5.74) is 0.793. The average molecular weight is 336 g/mol. The van der Waals surface area contributed by atoms with Crippen molar-refractivity contribution < 1.29 is 12.8 Å². The molecular weight excluding hydrogens is 321 g/mol. The van der Waals surface area contributed by atoms with Gasteiger partial charge < -0.3 is 5.32 Å². The van der Waals surface area contributed by atoms with Crippen molar-refractivity contribution in [1.29, 1.82) is 0 Å². The van der Waals surface area contributed by atoms with E-state index in [0.29, 0.717) is 17.4 Å². The Hall–Kier alpha value is -0.460. The first kappa shape index (κ1) is 14.0. The summed E-state index contributed by atoms with van der Waals surface area (Å²) in [5, 5.41) is 2.89. The minimum atomic E-state index is -3.09. The SMILES string of the molecule is CC1CCNC(c2ccc(F)c(Br)c2)CS1(=O)=O. The molecule has 1 N–H and O–H groups in total. The lowest BCUT2D eigenvalue weighted by Gasteiger charge is -2.16. The van der Waals surface area contributed by atoms with E-state index in [1.807, 2.05) is 0 Å². The minimum Gasteiger partial charge on any atom is -0.309 e. The number of nitrogens with one attached hydrogen (secondary N) is 1. The van der Waals surface area contributed by atoms with Crippen molar-refractivity contribution in [3.8, 4) is 0 Å². The second kappa shape index (κ2) is 5.27. The van der Waals surface area contributed by atoms with Gasteiger partial charge >= 0.3 is 0 Å². The molecule has 100 valence electrons. The zero-order valence-electron chi connectivity index (χ0n) is 9.99. The number of halogens is 2. The van der Waals surface area contributed by atoms with Crippen LogP contribution in [0.4, 0.5) is 4.39 Å². The van der Waals surface area contributed by atoms with E-state index in [9.17, 15) is 12.8 Å². The monoisotopic (exact) mass is 335 g/mol. The highest BCUT2D eigenvalue weighted by Crippen LogP contribution is 2.25. The van der Waals surface area contributed by atoms with Crippen molar-refractivity contribution in [1.82, 2.24) is 5.32 Å². The minimum absolute atomic E-state index is 0.0617. The van der Waals surface area contributed by atoms with Crippen LogP contribution in [0.1, 0.15) is 24.9 Å². The summed E-state index contributed by atoms with van der Waals surface area (Å²) in [5.74, 6) is -0.282. The van der Waals surface area contributed by atoms with E-state index >= 15 is 0 Å². The third kappa shape index (κ3) is 2.92. The van der Waals surface area contributed by atoms with E-state index in [4.69, 9.17) is 0 Å². The maximum absolute atomic E-state index is 13.2. The van der Waals surface area contributed by atoms with Gasteiger partial charge in [-0.15, -0.1) is 0 Å². The van der Waals surface area contributed by atoms with Gasteiger partial charge in [0.2, 0.25) is 0 Å². The number of hydrogen-bond acceptors (Lipinski definition) is 3. The molecule has 2 atom stereocenters. The smallest absolute Gasteiger partial charge is 0.154 e. The lowest BCUT2D eigenvalue weighted by atomic mass is 10.1. The predicted octanol–water partition coefficient (Wildman–Crippen LogP) is 2.43. The van der Waals surface area contributed by atoms with E-state index in [1.165, 1.54) is 6.07 Å². The van der Waals surface area contributed by atoms with Crippen LogP contribution in [-0.2, 0) is 9.84 Å². The Labute approximate surface area is 115 Å². The van der Waals surface area contributed by atoms with Crippen LogP contribution in [-0.4, -0.2) is 26.0 Å². The highest BCUT2D eigenvalue weighted by Gasteiger charge is 2.29. The van der Waals surface area contributed by atoms with Gasteiger partial charge in [0.1, 0.15) is 5.82 Å². The molecule has 0 spiro atoms. The lowest BCUT2D eigenvalue weighted by molar-refractivity contribution is 0.569. The van der Waals surface area contributed by atoms with Gasteiger partial charge in [0.05, 0.1) is 15.5 Å². The molecule has 1 heterocycles. The van der Waals surface area contributed by atoms with Crippen LogP contribution in [0.3, 0.4) is 0 Å². The molecule has 0 amide bonds. The molecule has 1 saturated heterocycles. The molecule has 18 heavy (non-hydrogen) atoms. The first-order valence-corrected chi connectivity index (χ1v) is 8.31. The maximum Gasteiger partial charge on any atom is 0.154 e. The van der Waals surface area contributed by atoms with Crippen LogP contribution in [0.5, 0.6) is 0 Å². The van der Waals surface area contributed by atoms with E-state index in [2.05, 4.69) is 21.2 Å². The zero-order valence-corrected chi connectivity index (χ0v) is 12.4. The lowest BCUT2D eigenvalue weighted by Crippen LogP contribution is -2.26. The summed E-state index contributed by atoms with van der Waals surface area (Å²) in [6, 6.07) is 4.35. The number of rotatable bonds is 1. The van der Waals surface area contributed by atoms with E-state index < -0.39 is 9.84 Å². The normalized spacial score (nSPS) is 27.7. The second-order valence-corrected chi connectivity index (χ2v) is 7.93. The van der Waals surface area contributed by atoms with Gasteiger partial charge in [-0.05, 0) is 53.5 Å². The Balaban J connectivity index is 2.30. The van der Waals surface area contributed by atoms with Crippen LogP contribution in [0.25, 0.3) is 0 Å². The summed E-state index contributed by atoms with van der Waals surface area (Å²) >= 11 is 3.12. The van der Waals surface area contributed by atoms with Gasteiger partial charge in [0.15, 0.2) is 9.84 Å². The molecule has 3 nitrogen and oxygen atoms in total. The fourth-order valence-electron chi connectivity index (χ4n) is 2.04. The van der Waals surface area contributed by atoms with Gasteiger partial charge in [-0.3, -0.25) is 0 Å². The van der Waals surface area contributed by atoms with Crippen molar-refractivity contribution in [3.63, 3.8) is 0 Å². The Morgan fingerprint density at radius 3 is 2.83 bits per heavy atom. The van der Waals surface area contributed by atoms with Gasteiger partial charge in [0, 0.05) is 6.04 Å². The first-order valence-electron chi connectivity index (χ1n) is 5.80. The quantitative estimate of drug-likeness (QED) is 0.857. The molecule has 6 heteroatoms. The number of sulfone groups is 1. The summed E-state index contributed by atoms with van der Waals surface area (Å²) in [6.07, 6.45) is 0.612. The summed E-state index contributed by atoms with van der Waals surface area (Å²) < 4.78 is 37.6. The molecule has 1 fully saturated rings. The van der Waals surface area contributed by atoms with Crippen LogP contribution < -0.4 is 5.32 Å². The van der Waals surface area contributed by atoms with Crippen molar-refractivity contribution in [2.45, 2.75) is 24.6 Å². The predicted molar refractivity (Wildman–Crippen MR) is 72.7 cm³/mol. The fraction of sp³-hybridized carbons (Fsp3) is 0.500. The summed E-state index contributed by atoms with van der Waals surface area (Å²) in [6.45, 7) is 2.39. The second-order valence-electron chi connectivity index (χ2n) is 4.61. The molecule has 2 rings (SSSR count). The van der Waals surface area contributed by atoms with Crippen LogP contribution in [0.15, 0.2) is 22.7 Å². The van der Waals surface area contributed by atoms with Gasteiger partial charge in [-0.1, -0.05) is 6.07 Å². The topological polar surface area (TPSA) is 46.2 Å². The average Bonchev–Trinajstić information content (AvgIpc) is 2.43. The van der Waals surface area contributed by atoms with Crippen molar-refractivity contribution in [2.24, 2.45) is 0 Å². The Kier molecular flexibility index (Phi) is 4.08. The highest BCUT2D eigenvalue weighted by atomic mass is 79.9. The molecule has 0 radical (unpaired) electrons. The van der Waals surface area contributed by atoms with Gasteiger partial charge in [0.25, 0.3) is 0 Å². The Morgan fingerprint density at radius 1 is 1.44 bits per heavy atom. The third-order valence-corrected chi connectivity index (χ3v) is 6.17. The van der Waals surface area contributed by atoms with Gasteiger partial charge in [-0.2, -0.15) is 0 Å². The standard InChI is InChI=1S/C12H15BrFNO2S/c1-8-4-5-15-12(7-18(8,16)17)9-2-3-11(14)10(13)6-9/h2-3,6,8,12,15H,4-5,7H2,1H3. The summed E-state index contributed by atoms with van der Waals surface area (Å²) in [4.78, 5) is 0. The van der Waals surface area contributed by atoms with Crippen molar-refractivity contribution >= 4 is 25.8 Å². The molecule has 2 unspecified atom stereocenters. The number of hydrogen-bond donors (Lipinski definition) is 1. The van der Waals surface area contributed by atoms with Gasteiger partial charge in [-0.25, -0.2) is 12.8 Å². The molecular formula is C12H15BrFNO2S. The Bertz CT molecular complexity index is 547. The highest BCUT2D eigenvalue weighted by molar-refractivity contribution is 9.10. The molecule has 0 bridgehead atoms. The molecule has 1 aliphatic heterocycles. The van der Waals surface area contributed by atoms with Crippen LogP contribution in [0.2, 0.25) is 0 Å². The van der Waals surface area contributed by atoms with E-state index in [-0.39, 0.29) is 22.9 Å². The van der Waals surface area contributed by atoms with Crippen LogP contribution in [0, 0.1) is 5.82 Å². The summed E-state index contributed by atoms with van der Waals surface area (Å²) in [7, 11) is -3.09. The molecule has 1 aromatic rings. The number of benzene rings is 1. The molecule has 1 aliphatic rings. The maximum atomic E-state index is 13.2. The molecule has 0 aliphatic carbocycles. The zero-order chi connectivity index (χ0) is 13.3. The third-order valence-electron chi connectivity index (χ3n) is 3.30. The molecule has 0 aromatic heterocycles. The molecule has 0 saturated carbocycles.